The first kappa shape index (κ1) is 15.0. The van der Waals surface area contributed by atoms with E-state index in [2.05, 4.69) is 0 Å². The third-order valence-corrected chi connectivity index (χ3v) is 3.36. The molecule has 0 radical (unpaired) electrons. The summed E-state index contributed by atoms with van der Waals surface area (Å²) < 4.78 is 16.4. The Balaban J connectivity index is 1.85. The number of ether oxygens (including phenoxy) is 3. The zero-order valence-corrected chi connectivity index (χ0v) is 12.1. The van der Waals surface area contributed by atoms with Gasteiger partial charge in [-0.3, -0.25) is 4.79 Å². The zero-order chi connectivity index (χ0) is 14.4. The summed E-state index contributed by atoms with van der Waals surface area (Å²) in [5, 5.41) is 0. The number of carbonyl (C=O) groups excluding carboxylic acids is 1. The number of carbonyl (C=O) groups is 1. The second kappa shape index (κ2) is 7.41. The summed E-state index contributed by atoms with van der Waals surface area (Å²) in [6.45, 7) is 3.34. The molecule has 0 bridgehead atoms. The van der Waals surface area contributed by atoms with E-state index in [9.17, 15) is 4.79 Å². The van der Waals surface area contributed by atoms with E-state index >= 15 is 0 Å². The Morgan fingerprint density at radius 3 is 2.55 bits per heavy atom. The third-order valence-electron chi connectivity index (χ3n) is 3.36. The van der Waals surface area contributed by atoms with E-state index < -0.39 is 0 Å². The van der Waals surface area contributed by atoms with Crippen LogP contribution in [0.5, 0.6) is 5.75 Å². The van der Waals surface area contributed by atoms with Crippen molar-refractivity contribution in [3.63, 3.8) is 0 Å². The Morgan fingerprint density at radius 1 is 1.20 bits per heavy atom. The van der Waals surface area contributed by atoms with Crippen molar-refractivity contribution in [2.45, 2.75) is 38.4 Å². The number of Topliss-reactive ketones (excluding diaryl/α,β-unsaturated/α-hetero) is 1. The molecule has 0 heterocycles. The highest BCUT2D eigenvalue weighted by Gasteiger charge is 2.42. The molecule has 4 heteroatoms. The lowest BCUT2D eigenvalue weighted by Crippen LogP contribution is -2.52. The second-order valence-electron chi connectivity index (χ2n) is 5.00. The maximum Gasteiger partial charge on any atom is 0.169 e. The molecule has 1 fully saturated rings. The van der Waals surface area contributed by atoms with Crippen LogP contribution >= 0.6 is 0 Å². The van der Waals surface area contributed by atoms with Gasteiger partial charge in [-0.25, -0.2) is 0 Å². The number of benzene rings is 1. The van der Waals surface area contributed by atoms with Crippen molar-refractivity contribution in [2.24, 2.45) is 0 Å². The number of hydrogen-bond donors (Lipinski definition) is 0. The van der Waals surface area contributed by atoms with Crippen molar-refractivity contribution in [2.75, 3.05) is 20.3 Å². The van der Waals surface area contributed by atoms with Crippen LogP contribution in [0.4, 0.5) is 0 Å². The number of ketones is 1. The van der Waals surface area contributed by atoms with Gasteiger partial charge in [0.05, 0.1) is 6.61 Å². The van der Waals surface area contributed by atoms with Gasteiger partial charge in [-0.1, -0.05) is 19.1 Å². The molecule has 1 aliphatic carbocycles. The van der Waals surface area contributed by atoms with Crippen LogP contribution in [0, 0.1) is 0 Å². The molecule has 2 unspecified atom stereocenters. The minimum Gasteiger partial charge on any atom is -0.487 e. The topological polar surface area (TPSA) is 44.8 Å². The Kier molecular flexibility index (Phi) is 5.56. The average molecular weight is 278 g/mol. The molecule has 0 N–H and O–H groups in total. The lowest BCUT2D eigenvalue weighted by molar-refractivity contribution is -0.154. The predicted molar refractivity (Wildman–Crippen MR) is 76.1 cm³/mol. The molecule has 1 aliphatic rings. The van der Waals surface area contributed by atoms with Gasteiger partial charge in [0.25, 0.3) is 0 Å². The molecule has 0 aliphatic heterocycles. The van der Waals surface area contributed by atoms with Gasteiger partial charge in [-0.15, -0.1) is 0 Å². The van der Waals surface area contributed by atoms with Gasteiger partial charge in [-0.05, 0) is 30.5 Å². The fourth-order valence-electron chi connectivity index (χ4n) is 2.15. The van der Waals surface area contributed by atoms with E-state index in [-0.39, 0.29) is 18.0 Å². The van der Waals surface area contributed by atoms with E-state index in [1.54, 1.807) is 7.11 Å². The normalized spacial score (nSPS) is 21.6. The molecular weight excluding hydrogens is 256 g/mol. The molecule has 20 heavy (non-hydrogen) atoms. The molecule has 2 atom stereocenters. The van der Waals surface area contributed by atoms with Crippen LogP contribution in [-0.4, -0.2) is 38.3 Å². The van der Waals surface area contributed by atoms with Crippen LogP contribution in [-0.2, 0) is 20.7 Å². The van der Waals surface area contributed by atoms with Gasteiger partial charge >= 0.3 is 0 Å². The summed E-state index contributed by atoms with van der Waals surface area (Å²) in [7, 11) is 1.70. The first-order valence-corrected chi connectivity index (χ1v) is 7.13. The minimum atomic E-state index is -0.386. The molecule has 1 aromatic rings. The summed E-state index contributed by atoms with van der Waals surface area (Å²) >= 11 is 0. The maximum absolute atomic E-state index is 11.5. The first-order chi connectivity index (χ1) is 9.74. The first-order valence-electron chi connectivity index (χ1n) is 7.13. The maximum atomic E-state index is 11.5. The summed E-state index contributed by atoms with van der Waals surface area (Å²) in [4.78, 5) is 11.5. The molecule has 0 aromatic heterocycles. The largest absolute Gasteiger partial charge is 0.487 e. The lowest BCUT2D eigenvalue weighted by Gasteiger charge is -2.34. The van der Waals surface area contributed by atoms with E-state index in [0.29, 0.717) is 19.6 Å². The van der Waals surface area contributed by atoms with Crippen LogP contribution in [0.3, 0.4) is 0 Å². The Labute approximate surface area is 120 Å². The molecular formula is C16H22O4. The van der Waals surface area contributed by atoms with Gasteiger partial charge in [0, 0.05) is 20.1 Å². The van der Waals surface area contributed by atoms with Gasteiger partial charge in [0.2, 0.25) is 0 Å². The van der Waals surface area contributed by atoms with Gasteiger partial charge in [0.15, 0.2) is 11.9 Å². The summed E-state index contributed by atoms with van der Waals surface area (Å²) in [5.74, 6) is 0.925. The second-order valence-corrected chi connectivity index (χ2v) is 5.00. The van der Waals surface area contributed by atoms with Crippen LogP contribution in [0.25, 0.3) is 0 Å². The predicted octanol–water partition coefficient (Wildman–Crippen LogP) is 2.39. The molecule has 2 rings (SSSR count). The standard InChI is InChI=1S/C16H22O4/c1-3-9-19-16-14(17)11-15(16)20-13-6-4-12(5-7-13)8-10-18-2/h4-7,15-16H,3,8-11H2,1-2H3. The number of rotatable bonds is 8. The molecule has 0 saturated heterocycles. The summed E-state index contributed by atoms with van der Waals surface area (Å²) in [6.07, 6.45) is 1.72. The Hall–Kier alpha value is -1.39. The van der Waals surface area contributed by atoms with Crippen molar-refractivity contribution in [3.8, 4) is 5.75 Å². The number of methoxy groups -OCH3 is 1. The van der Waals surface area contributed by atoms with E-state index in [1.807, 2.05) is 31.2 Å². The molecule has 0 amide bonds. The van der Waals surface area contributed by atoms with Crippen molar-refractivity contribution in [1.29, 1.82) is 0 Å². The van der Waals surface area contributed by atoms with Crippen molar-refractivity contribution < 1.29 is 19.0 Å². The highest BCUT2D eigenvalue weighted by atomic mass is 16.5. The van der Waals surface area contributed by atoms with Gasteiger partial charge < -0.3 is 14.2 Å². The van der Waals surface area contributed by atoms with Crippen LogP contribution in [0.15, 0.2) is 24.3 Å². The van der Waals surface area contributed by atoms with Crippen molar-refractivity contribution >= 4 is 5.78 Å². The fraction of sp³-hybridized carbons (Fsp3) is 0.562. The Bertz CT molecular complexity index is 427. The molecule has 4 nitrogen and oxygen atoms in total. The molecule has 0 spiro atoms. The SMILES string of the molecule is CCCOC1C(=O)CC1Oc1ccc(CCOC)cc1. The van der Waals surface area contributed by atoms with Crippen molar-refractivity contribution in [3.05, 3.63) is 29.8 Å². The number of hydrogen-bond acceptors (Lipinski definition) is 4. The van der Waals surface area contributed by atoms with E-state index in [1.165, 1.54) is 5.56 Å². The molecule has 1 aromatic carbocycles. The molecule has 110 valence electrons. The summed E-state index contributed by atoms with van der Waals surface area (Å²) in [6, 6.07) is 7.92. The quantitative estimate of drug-likeness (QED) is 0.732. The molecule has 1 saturated carbocycles. The smallest absolute Gasteiger partial charge is 0.169 e. The average Bonchev–Trinajstić information content (AvgIpc) is 2.46. The van der Waals surface area contributed by atoms with Crippen LogP contribution in [0.2, 0.25) is 0 Å². The third kappa shape index (κ3) is 3.81. The highest BCUT2D eigenvalue weighted by Crippen LogP contribution is 2.26. The van der Waals surface area contributed by atoms with Crippen molar-refractivity contribution in [1.82, 2.24) is 0 Å². The Morgan fingerprint density at radius 2 is 1.95 bits per heavy atom. The van der Waals surface area contributed by atoms with Crippen LogP contribution in [0.1, 0.15) is 25.3 Å². The van der Waals surface area contributed by atoms with Gasteiger partial charge in [0.1, 0.15) is 11.9 Å². The highest BCUT2D eigenvalue weighted by molar-refractivity contribution is 5.90. The zero-order valence-electron chi connectivity index (χ0n) is 12.1. The van der Waals surface area contributed by atoms with E-state index in [4.69, 9.17) is 14.2 Å². The van der Waals surface area contributed by atoms with Crippen LogP contribution < -0.4 is 4.74 Å². The van der Waals surface area contributed by atoms with E-state index in [0.717, 1.165) is 18.6 Å². The van der Waals surface area contributed by atoms with Gasteiger partial charge in [-0.2, -0.15) is 0 Å². The summed E-state index contributed by atoms with van der Waals surface area (Å²) in [5.41, 5.74) is 1.21. The monoisotopic (exact) mass is 278 g/mol. The fourth-order valence-corrected chi connectivity index (χ4v) is 2.15. The lowest BCUT2D eigenvalue weighted by atomic mass is 9.90. The minimum absolute atomic E-state index is 0.139.